The summed E-state index contributed by atoms with van der Waals surface area (Å²) in [4.78, 5) is 15.2. The van der Waals surface area contributed by atoms with Crippen LogP contribution >= 0.6 is 11.8 Å². The van der Waals surface area contributed by atoms with E-state index in [0.717, 1.165) is 18.6 Å². The minimum absolute atomic E-state index is 0.00171. The number of pyridine rings is 1. The number of hydrogen-bond donors (Lipinski definition) is 0. The van der Waals surface area contributed by atoms with Gasteiger partial charge in [-0.2, -0.15) is 0 Å². The van der Waals surface area contributed by atoms with Crippen LogP contribution in [-0.2, 0) is 9.53 Å². The molecule has 0 bridgehead atoms. The number of thioether (sulfide) groups is 1. The number of aromatic nitrogens is 1. The lowest BCUT2D eigenvalue weighted by molar-refractivity contribution is -0.141. The van der Waals surface area contributed by atoms with Gasteiger partial charge < -0.3 is 4.74 Å². The van der Waals surface area contributed by atoms with E-state index in [0.29, 0.717) is 11.4 Å². The highest BCUT2D eigenvalue weighted by atomic mass is 32.2. The van der Waals surface area contributed by atoms with Crippen molar-refractivity contribution >= 4 is 17.7 Å². The van der Waals surface area contributed by atoms with Crippen molar-refractivity contribution in [2.24, 2.45) is 5.41 Å². The Hall–Kier alpha value is -1.10. The van der Waals surface area contributed by atoms with E-state index in [2.05, 4.69) is 9.72 Å². The maximum absolute atomic E-state index is 13.3. The van der Waals surface area contributed by atoms with Crippen LogP contribution in [0.4, 0.5) is 4.39 Å². The molecule has 1 aromatic heterocycles. The van der Waals surface area contributed by atoms with Gasteiger partial charge in [0, 0.05) is 11.9 Å². The number of hydrogen-bond acceptors (Lipinski definition) is 4. The number of methoxy groups -OCH3 is 1. The second kappa shape index (κ2) is 5.04. The zero-order valence-electron chi connectivity index (χ0n) is 9.61. The molecule has 0 amide bonds. The highest BCUT2D eigenvalue weighted by Crippen LogP contribution is 2.52. The number of ether oxygens (including phenoxy) is 1. The van der Waals surface area contributed by atoms with Crippen molar-refractivity contribution in [2.45, 2.75) is 24.3 Å². The Morgan fingerprint density at radius 3 is 3.00 bits per heavy atom. The van der Waals surface area contributed by atoms with Gasteiger partial charge >= 0.3 is 5.97 Å². The zero-order valence-corrected chi connectivity index (χ0v) is 10.4. The lowest BCUT2D eigenvalue weighted by Gasteiger charge is -2.12. The predicted octanol–water partition coefficient (Wildman–Crippen LogP) is 2.66. The molecule has 0 aromatic carbocycles. The highest BCUT2D eigenvalue weighted by molar-refractivity contribution is 7.99. The normalized spacial score (nSPS) is 16.6. The summed E-state index contributed by atoms with van der Waals surface area (Å²) in [6, 6.07) is 2.97. The van der Waals surface area contributed by atoms with Gasteiger partial charge in [0.1, 0.15) is 5.03 Å². The van der Waals surface area contributed by atoms with Crippen molar-refractivity contribution in [1.82, 2.24) is 4.98 Å². The van der Waals surface area contributed by atoms with Crippen LogP contribution in [0.5, 0.6) is 0 Å². The molecule has 0 saturated heterocycles. The molecule has 0 unspecified atom stereocenters. The fraction of sp³-hybridized carbons (Fsp3) is 0.500. The summed E-state index contributed by atoms with van der Waals surface area (Å²) in [7, 11) is 1.39. The molecule has 1 aliphatic rings. The van der Waals surface area contributed by atoms with Gasteiger partial charge in [-0.1, -0.05) is 0 Å². The first-order valence-electron chi connectivity index (χ1n) is 5.45. The van der Waals surface area contributed by atoms with Crippen LogP contribution in [0, 0.1) is 11.2 Å². The Bertz CT molecular complexity index is 421. The van der Waals surface area contributed by atoms with Crippen LogP contribution in [0.1, 0.15) is 19.3 Å². The molecule has 0 N–H and O–H groups in total. The maximum atomic E-state index is 13.3. The highest BCUT2D eigenvalue weighted by Gasteiger charge is 2.44. The molecule has 0 radical (unpaired) electrons. The molecule has 2 rings (SSSR count). The summed E-state index contributed by atoms with van der Waals surface area (Å²) in [5.41, 5.74) is 0.00171. The van der Waals surface area contributed by atoms with Crippen molar-refractivity contribution in [1.29, 1.82) is 0 Å². The van der Waals surface area contributed by atoms with Crippen LogP contribution in [0.2, 0.25) is 0 Å². The molecular formula is C12H14FNO2S. The third-order valence-corrected chi connectivity index (χ3v) is 4.27. The van der Waals surface area contributed by atoms with Gasteiger partial charge in [-0.15, -0.1) is 11.8 Å². The molecule has 1 saturated carbocycles. The van der Waals surface area contributed by atoms with Gasteiger partial charge in [0.25, 0.3) is 0 Å². The Labute approximate surface area is 104 Å². The number of rotatable bonds is 5. The monoisotopic (exact) mass is 255 g/mol. The fourth-order valence-electron chi connectivity index (χ4n) is 1.63. The standard InChI is InChI=1S/C12H14FNO2S/c1-16-10(15)7-12(4-5-12)8-17-11-9(13)3-2-6-14-11/h2-3,6H,4-5,7-8H2,1H3. The van der Waals surface area contributed by atoms with Crippen molar-refractivity contribution in [3.05, 3.63) is 24.1 Å². The number of halogens is 1. The Morgan fingerprint density at radius 1 is 1.65 bits per heavy atom. The molecule has 17 heavy (non-hydrogen) atoms. The van der Waals surface area contributed by atoms with Crippen molar-refractivity contribution < 1.29 is 13.9 Å². The average Bonchev–Trinajstić information content (AvgIpc) is 3.08. The van der Waals surface area contributed by atoms with E-state index >= 15 is 0 Å². The van der Waals surface area contributed by atoms with E-state index in [4.69, 9.17) is 0 Å². The van der Waals surface area contributed by atoms with Gasteiger partial charge in [-0.25, -0.2) is 9.37 Å². The van der Waals surface area contributed by atoms with E-state index in [1.165, 1.54) is 24.9 Å². The molecule has 1 aliphatic carbocycles. The van der Waals surface area contributed by atoms with Gasteiger partial charge in [-0.05, 0) is 30.4 Å². The third kappa shape index (κ3) is 3.19. The molecule has 1 heterocycles. The SMILES string of the molecule is COC(=O)CC1(CSc2ncccc2F)CC1. The minimum atomic E-state index is -0.300. The lowest BCUT2D eigenvalue weighted by atomic mass is 10.1. The second-order valence-electron chi connectivity index (χ2n) is 4.33. The minimum Gasteiger partial charge on any atom is -0.469 e. The molecule has 1 fully saturated rings. The van der Waals surface area contributed by atoms with Crippen molar-refractivity contribution in [2.75, 3.05) is 12.9 Å². The molecule has 92 valence electrons. The molecule has 0 atom stereocenters. The number of carbonyl (C=O) groups is 1. The third-order valence-electron chi connectivity index (χ3n) is 2.94. The number of esters is 1. The molecule has 3 nitrogen and oxygen atoms in total. The summed E-state index contributed by atoms with van der Waals surface area (Å²) in [6.07, 6.45) is 4.00. The van der Waals surface area contributed by atoms with E-state index in [9.17, 15) is 9.18 Å². The van der Waals surface area contributed by atoms with Gasteiger partial charge in [0.15, 0.2) is 5.82 Å². The Morgan fingerprint density at radius 2 is 2.41 bits per heavy atom. The van der Waals surface area contributed by atoms with E-state index < -0.39 is 0 Å². The first-order chi connectivity index (χ1) is 8.15. The summed E-state index contributed by atoms with van der Waals surface area (Å²) >= 11 is 1.38. The first kappa shape index (κ1) is 12.4. The summed E-state index contributed by atoms with van der Waals surface area (Å²) in [6.45, 7) is 0. The maximum Gasteiger partial charge on any atom is 0.306 e. The second-order valence-corrected chi connectivity index (χ2v) is 5.30. The number of nitrogens with zero attached hydrogens (tertiary/aromatic N) is 1. The topological polar surface area (TPSA) is 39.2 Å². The first-order valence-corrected chi connectivity index (χ1v) is 6.44. The quantitative estimate of drug-likeness (QED) is 0.599. The molecule has 0 aliphatic heterocycles. The fourth-order valence-corrected chi connectivity index (χ4v) is 2.80. The van der Waals surface area contributed by atoms with Gasteiger partial charge in [0.2, 0.25) is 0 Å². The number of carbonyl (C=O) groups excluding carboxylic acids is 1. The van der Waals surface area contributed by atoms with Gasteiger partial charge in [-0.3, -0.25) is 4.79 Å². The van der Waals surface area contributed by atoms with Crippen molar-refractivity contribution in [3.8, 4) is 0 Å². The average molecular weight is 255 g/mol. The van der Waals surface area contributed by atoms with E-state index in [1.807, 2.05) is 0 Å². The van der Waals surface area contributed by atoms with Crippen LogP contribution < -0.4 is 0 Å². The summed E-state index contributed by atoms with van der Waals surface area (Å²) in [5.74, 6) is 0.228. The van der Waals surface area contributed by atoms with Crippen molar-refractivity contribution in [3.63, 3.8) is 0 Å². The Kier molecular flexibility index (Phi) is 3.66. The predicted molar refractivity (Wildman–Crippen MR) is 63.2 cm³/mol. The van der Waals surface area contributed by atoms with Crippen LogP contribution in [0.3, 0.4) is 0 Å². The van der Waals surface area contributed by atoms with Crippen LogP contribution in [-0.4, -0.2) is 23.8 Å². The van der Waals surface area contributed by atoms with Crippen LogP contribution in [0.25, 0.3) is 0 Å². The van der Waals surface area contributed by atoms with E-state index in [1.54, 1.807) is 12.3 Å². The zero-order chi connectivity index (χ0) is 12.3. The molecule has 5 heteroatoms. The van der Waals surface area contributed by atoms with Crippen LogP contribution in [0.15, 0.2) is 23.4 Å². The van der Waals surface area contributed by atoms with E-state index in [-0.39, 0.29) is 17.2 Å². The largest absolute Gasteiger partial charge is 0.469 e. The van der Waals surface area contributed by atoms with Gasteiger partial charge in [0.05, 0.1) is 13.5 Å². The summed E-state index contributed by atoms with van der Waals surface area (Å²) in [5, 5.41) is 0.406. The molecule has 0 spiro atoms. The lowest BCUT2D eigenvalue weighted by Crippen LogP contribution is -2.13. The smallest absolute Gasteiger partial charge is 0.306 e. The summed E-state index contributed by atoms with van der Waals surface area (Å²) < 4.78 is 18.0. The molecular weight excluding hydrogens is 241 g/mol. The Balaban J connectivity index is 1.90. The molecule has 1 aromatic rings.